The zero-order valence-corrected chi connectivity index (χ0v) is 15.7. The van der Waals surface area contributed by atoms with Gasteiger partial charge in [-0.15, -0.1) is 0 Å². The van der Waals surface area contributed by atoms with Gasteiger partial charge >= 0.3 is 5.69 Å². The third-order valence-electron chi connectivity index (χ3n) is 4.54. The van der Waals surface area contributed by atoms with Crippen LogP contribution in [0.2, 0.25) is 0 Å². The monoisotopic (exact) mass is 385 g/mol. The summed E-state index contributed by atoms with van der Waals surface area (Å²) in [6.07, 6.45) is 1.45. The van der Waals surface area contributed by atoms with E-state index in [2.05, 4.69) is 20.4 Å². The maximum absolute atomic E-state index is 13.5. The fraction of sp³-hybridized carbons (Fsp3) is 0.263. The Balaban J connectivity index is 1.77. The first-order chi connectivity index (χ1) is 13.3. The van der Waals surface area contributed by atoms with Crippen molar-refractivity contribution in [2.45, 2.75) is 33.2 Å². The lowest BCUT2D eigenvalue weighted by molar-refractivity contribution is -0.121. The van der Waals surface area contributed by atoms with Crippen LogP contribution in [0.5, 0.6) is 0 Å². The number of nitrogens with zero attached hydrogens (tertiary/aromatic N) is 2. The van der Waals surface area contributed by atoms with Crippen LogP contribution in [0, 0.1) is 19.7 Å². The molecule has 0 bridgehead atoms. The van der Waals surface area contributed by atoms with E-state index in [1.165, 1.54) is 12.1 Å². The molecule has 0 spiro atoms. The third kappa shape index (κ3) is 3.93. The molecule has 3 N–H and O–H groups in total. The van der Waals surface area contributed by atoms with Crippen molar-refractivity contribution in [2.75, 3.05) is 0 Å². The Kier molecular flexibility index (Phi) is 5.25. The highest BCUT2D eigenvalue weighted by atomic mass is 19.1. The maximum atomic E-state index is 13.5. The molecule has 2 heterocycles. The summed E-state index contributed by atoms with van der Waals surface area (Å²) in [5.74, 6) is -0.733. The molecule has 9 heteroatoms. The molecule has 0 aliphatic rings. The molecule has 3 rings (SSSR count). The van der Waals surface area contributed by atoms with Crippen LogP contribution < -0.4 is 16.6 Å². The number of hydrogen-bond donors (Lipinski definition) is 3. The van der Waals surface area contributed by atoms with Gasteiger partial charge in [-0.05, 0) is 39.0 Å². The highest BCUT2D eigenvalue weighted by Gasteiger charge is 2.18. The van der Waals surface area contributed by atoms with Crippen LogP contribution in [0.25, 0.3) is 5.69 Å². The second-order valence-electron chi connectivity index (χ2n) is 6.55. The Morgan fingerprint density at radius 3 is 2.71 bits per heavy atom. The average Bonchev–Trinajstić information content (AvgIpc) is 2.99. The number of rotatable bonds is 5. The van der Waals surface area contributed by atoms with Gasteiger partial charge in [0.1, 0.15) is 5.82 Å². The lowest BCUT2D eigenvalue weighted by atomic mass is 10.1. The van der Waals surface area contributed by atoms with E-state index in [0.717, 1.165) is 11.3 Å². The summed E-state index contributed by atoms with van der Waals surface area (Å²) in [4.78, 5) is 40.1. The molecule has 0 radical (unpaired) electrons. The summed E-state index contributed by atoms with van der Waals surface area (Å²) in [5.41, 5.74) is 1.47. The molecule has 2 aromatic heterocycles. The smallest absolute Gasteiger partial charge is 0.325 e. The SMILES string of the molecule is Cc1[nH]c(=O)[nH]c(=O)c1CC(=O)N[C@@H](C)c1cnn(-c2cccc(F)c2)c1C. The summed E-state index contributed by atoms with van der Waals surface area (Å²) in [6, 6.07) is 5.68. The normalized spacial score (nSPS) is 12.0. The molecule has 8 nitrogen and oxygen atoms in total. The molecule has 0 saturated carbocycles. The van der Waals surface area contributed by atoms with Crippen molar-refractivity contribution in [3.05, 3.63) is 79.6 Å². The second kappa shape index (κ2) is 7.63. The van der Waals surface area contributed by atoms with Crippen LogP contribution in [-0.4, -0.2) is 25.7 Å². The zero-order chi connectivity index (χ0) is 20.4. The summed E-state index contributed by atoms with van der Waals surface area (Å²) >= 11 is 0. The minimum absolute atomic E-state index is 0.167. The Morgan fingerprint density at radius 1 is 1.29 bits per heavy atom. The van der Waals surface area contributed by atoms with Gasteiger partial charge in [-0.3, -0.25) is 14.6 Å². The third-order valence-corrected chi connectivity index (χ3v) is 4.54. The van der Waals surface area contributed by atoms with Crippen LogP contribution in [0.15, 0.2) is 40.1 Å². The zero-order valence-electron chi connectivity index (χ0n) is 15.7. The predicted octanol–water partition coefficient (Wildman–Crippen LogP) is 1.42. The van der Waals surface area contributed by atoms with Crippen LogP contribution in [-0.2, 0) is 11.2 Å². The van der Waals surface area contributed by atoms with E-state index in [0.29, 0.717) is 11.4 Å². The van der Waals surface area contributed by atoms with E-state index in [9.17, 15) is 18.8 Å². The molecular weight excluding hydrogens is 365 g/mol. The molecule has 1 amide bonds. The molecule has 0 fully saturated rings. The first kappa shape index (κ1) is 19.3. The Morgan fingerprint density at radius 2 is 2.04 bits per heavy atom. The van der Waals surface area contributed by atoms with Crippen molar-refractivity contribution < 1.29 is 9.18 Å². The van der Waals surface area contributed by atoms with Crippen LogP contribution in [0.1, 0.15) is 35.5 Å². The molecule has 1 atom stereocenters. The van der Waals surface area contributed by atoms with E-state index in [4.69, 9.17) is 0 Å². The van der Waals surface area contributed by atoms with Gasteiger partial charge in [-0.25, -0.2) is 13.9 Å². The topological polar surface area (TPSA) is 113 Å². The molecule has 28 heavy (non-hydrogen) atoms. The lowest BCUT2D eigenvalue weighted by Crippen LogP contribution is -2.33. The Hall–Kier alpha value is -3.49. The highest BCUT2D eigenvalue weighted by molar-refractivity contribution is 5.79. The van der Waals surface area contributed by atoms with Crippen molar-refractivity contribution in [1.29, 1.82) is 0 Å². The van der Waals surface area contributed by atoms with Crippen LogP contribution >= 0.6 is 0 Å². The highest BCUT2D eigenvalue weighted by Crippen LogP contribution is 2.20. The van der Waals surface area contributed by atoms with E-state index >= 15 is 0 Å². The molecule has 0 saturated heterocycles. The summed E-state index contributed by atoms with van der Waals surface area (Å²) in [7, 11) is 0. The van der Waals surface area contributed by atoms with Crippen LogP contribution in [0.3, 0.4) is 0 Å². The molecule has 3 aromatic rings. The summed E-state index contributed by atoms with van der Waals surface area (Å²) in [6.45, 7) is 5.18. The molecule has 1 aromatic carbocycles. The minimum atomic E-state index is -0.611. The second-order valence-corrected chi connectivity index (χ2v) is 6.55. The van der Waals surface area contributed by atoms with E-state index in [-0.39, 0.29) is 29.8 Å². The fourth-order valence-corrected chi connectivity index (χ4v) is 3.09. The number of benzene rings is 1. The van der Waals surface area contributed by atoms with Gasteiger partial charge in [-0.2, -0.15) is 5.10 Å². The van der Waals surface area contributed by atoms with Gasteiger partial charge in [-0.1, -0.05) is 6.07 Å². The standard InChI is InChI=1S/C19H20FN5O3/c1-10-15(18(27)24-19(28)23-10)8-17(26)22-11(2)16-9-21-25(12(16)3)14-6-4-5-13(20)7-14/h4-7,9,11H,8H2,1-3H3,(H,22,26)(H2,23,24,27,28)/t11-/m0/s1. The van der Waals surface area contributed by atoms with Crippen molar-refractivity contribution >= 4 is 5.91 Å². The van der Waals surface area contributed by atoms with E-state index in [1.807, 2.05) is 6.92 Å². The predicted molar refractivity (Wildman–Crippen MR) is 101 cm³/mol. The van der Waals surface area contributed by atoms with Crippen molar-refractivity contribution in [3.8, 4) is 5.69 Å². The van der Waals surface area contributed by atoms with Gasteiger partial charge in [0.25, 0.3) is 5.56 Å². The number of aryl methyl sites for hydroxylation is 1. The van der Waals surface area contributed by atoms with Crippen molar-refractivity contribution in [3.63, 3.8) is 0 Å². The number of amides is 1. The van der Waals surface area contributed by atoms with Gasteiger partial charge in [0.2, 0.25) is 5.91 Å². The van der Waals surface area contributed by atoms with Crippen molar-refractivity contribution in [1.82, 2.24) is 25.1 Å². The molecule has 0 aliphatic heterocycles. The van der Waals surface area contributed by atoms with E-state index in [1.54, 1.807) is 36.9 Å². The fourth-order valence-electron chi connectivity index (χ4n) is 3.09. The Labute approximate surface area is 159 Å². The summed E-state index contributed by atoms with van der Waals surface area (Å²) < 4.78 is 15.1. The quantitative estimate of drug-likeness (QED) is 0.617. The van der Waals surface area contributed by atoms with Crippen LogP contribution in [0.4, 0.5) is 4.39 Å². The number of aromatic amines is 2. The first-order valence-electron chi connectivity index (χ1n) is 8.68. The number of halogens is 1. The van der Waals surface area contributed by atoms with E-state index < -0.39 is 11.2 Å². The maximum Gasteiger partial charge on any atom is 0.325 e. The number of carbonyl (C=O) groups is 1. The molecular formula is C19H20FN5O3. The van der Waals surface area contributed by atoms with Gasteiger partial charge < -0.3 is 10.3 Å². The molecule has 146 valence electrons. The molecule has 0 aliphatic carbocycles. The van der Waals surface area contributed by atoms with Gasteiger partial charge in [0, 0.05) is 22.5 Å². The number of hydrogen-bond acceptors (Lipinski definition) is 4. The summed E-state index contributed by atoms with van der Waals surface area (Å²) in [5, 5.41) is 7.10. The number of carbonyl (C=O) groups excluding carboxylic acids is 1. The Bertz CT molecular complexity index is 1140. The van der Waals surface area contributed by atoms with Crippen molar-refractivity contribution in [2.24, 2.45) is 0 Å². The largest absolute Gasteiger partial charge is 0.349 e. The first-order valence-corrected chi connectivity index (χ1v) is 8.68. The number of aromatic nitrogens is 4. The molecule has 0 unspecified atom stereocenters. The van der Waals surface area contributed by atoms with Gasteiger partial charge in [0.15, 0.2) is 0 Å². The average molecular weight is 385 g/mol. The minimum Gasteiger partial charge on any atom is -0.349 e. The lowest BCUT2D eigenvalue weighted by Gasteiger charge is -2.14. The number of nitrogens with one attached hydrogen (secondary N) is 3. The number of H-pyrrole nitrogens is 2. The van der Waals surface area contributed by atoms with Gasteiger partial charge in [0.05, 0.1) is 24.3 Å².